The van der Waals surface area contributed by atoms with Crippen molar-refractivity contribution in [3.8, 4) is 0 Å². The Morgan fingerprint density at radius 2 is 1.62 bits per heavy atom. The third-order valence-corrected chi connectivity index (χ3v) is 3.56. The van der Waals surface area contributed by atoms with Gasteiger partial charge in [-0.15, -0.1) is 0 Å². The molecule has 0 saturated heterocycles. The minimum Gasteiger partial charge on any atom is -0.333 e. The van der Waals surface area contributed by atoms with E-state index in [1.807, 2.05) is 72.8 Å². The highest BCUT2D eigenvalue weighted by Gasteiger charge is 2.17. The van der Waals surface area contributed by atoms with Crippen LogP contribution in [0.4, 0.5) is 8.78 Å². The fourth-order valence-electron chi connectivity index (χ4n) is 2.37. The maximum atomic E-state index is 12.7. The van der Waals surface area contributed by atoms with Gasteiger partial charge in [0.05, 0.1) is 6.54 Å². The second-order valence-electron chi connectivity index (χ2n) is 5.50. The van der Waals surface area contributed by atoms with Crippen LogP contribution in [0.5, 0.6) is 0 Å². The monoisotopic (exact) mass is 329 g/mol. The van der Waals surface area contributed by atoms with E-state index in [1.54, 1.807) is 0 Å². The lowest BCUT2D eigenvalue weighted by atomic mass is 10.1. The van der Waals surface area contributed by atoms with Gasteiger partial charge in [-0.1, -0.05) is 72.8 Å². The number of carbonyl (C=O) groups is 1. The van der Waals surface area contributed by atoms with Crippen molar-refractivity contribution in [1.29, 1.82) is 0 Å². The van der Waals surface area contributed by atoms with Crippen molar-refractivity contribution >= 4 is 12.0 Å². The first-order valence-corrected chi connectivity index (χ1v) is 7.96. The number of halogens is 2. The molecule has 0 aliphatic carbocycles. The smallest absolute Gasteiger partial charge is 0.255 e. The average Bonchev–Trinajstić information content (AvgIpc) is 2.59. The van der Waals surface area contributed by atoms with E-state index < -0.39 is 13.0 Å². The van der Waals surface area contributed by atoms with Crippen molar-refractivity contribution in [3.63, 3.8) is 0 Å². The van der Waals surface area contributed by atoms with Gasteiger partial charge in [-0.3, -0.25) is 4.79 Å². The largest absolute Gasteiger partial charge is 0.333 e. The first-order valence-electron chi connectivity index (χ1n) is 7.96. The average molecular weight is 329 g/mol. The summed E-state index contributed by atoms with van der Waals surface area (Å²) in [5.74, 6) is -0.253. The summed E-state index contributed by atoms with van der Waals surface area (Å²) in [5, 5.41) is 0. The molecule has 126 valence electrons. The molecule has 0 bridgehead atoms. The van der Waals surface area contributed by atoms with Crippen LogP contribution < -0.4 is 0 Å². The summed E-state index contributed by atoms with van der Waals surface area (Å²) in [7, 11) is 0. The number of allylic oxidation sites excluding steroid dienone is 1. The second kappa shape index (κ2) is 9.60. The first-order chi connectivity index (χ1) is 11.6. The van der Waals surface area contributed by atoms with E-state index in [9.17, 15) is 13.6 Å². The molecule has 2 aromatic rings. The highest BCUT2D eigenvalue weighted by atomic mass is 19.3. The molecule has 0 saturated carbocycles. The predicted molar refractivity (Wildman–Crippen MR) is 92.6 cm³/mol. The molecule has 0 aliphatic rings. The molecule has 2 rings (SSSR count). The molecule has 2 nitrogen and oxygen atoms in total. The van der Waals surface area contributed by atoms with Crippen LogP contribution in [-0.2, 0) is 11.3 Å². The van der Waals surface area contributed by atoms with Gasteiger partial charge in [0, 0.05) is 13.0 Å². The van der Waals surface area contributed by atoms with Gasteiger partial charge in [-0.05, 0) is 17.5 Å². The van der Waals surface area contributed by atoms with Crippen molar-refractivity contribution in [2.45, 2.75) is 25.8 Å². The Labute approximate surface area is 141 Å². The van der Waals surface area contributed by atoms with E-state index in [0.717, 1.165) is 11.1 Å². The Balaban J connectivity index is 1.89. The molecule has 0 aromatic heterocycles. The highest BCUT2D eigenvalue weighted by molar-refractivity contribution is 5.76. The number of amides is 1. The number of rotatable bonds is 8. The van der Waals surface area contributed by atoms with E-state index >= 15 is 0 Å². The topological polar surface area (TPSA) is 20.3 Å². The molecule has 0 N–H and O–H groups in total. The van der Waals surface area contributed by atoms with Crippen LogP contribution in [0.15, 0.2) is 66.7 Å². The molecule has 0 fully saturated rings. The molecule has 1 amide bonds. The van der Waals surface area contributed by atoms with Crippen LogP contribution in [0.2, 0.25) is 0 Å². The lowest BCUT2D eigenvalue weighted by Crippen LogP contribution is -2.34. The Morgan fingerprint density at radius 1 is 1.00 bits per heavy atom. The van der Waals surface area contributed by atoms with E-state index in [1.165, 1.54) is 4.90 Å². The van der Waals surface area contributed by atoms with Gasteiger partial charge in [0.15, 0.2) is 0 Å². The minimum absolute atomic E-state index is 0.215. The molecule has 0 aliphatic heterocycles. The fraction of sp³-hybridized carbons (Fsp3) is 0.250. The lowest BCUT2D eigenvalue weighted by molar-refractivity contribution is -0.133. The highest BCUT2D eigenvalue weighted by Crippen LogP contribution is 2.11. The summed E-state index contributed by atoms with van der Waals surface area (Å²) in [6.45, 7) is -0.317. The summed E-state index contributed by atoms with van der Waals surface area (Å²) in [6, 6.07) is 19.0. The van der Waals surface area contributed by atoms with Gasteiger partial charge in [0.2, 0.25) is 5.91 Å². The molecule has 4 heteroatoms. The third-order valence-electron chi connectivity index (χ3n) is 3.56. The van der Waals surface area contributed by atoms with Crippen LogP contribution in [0.3, 0.4) is 0 Å². The summed E-state index contributed by atoms with van der Waals surface area (Å²) < 4.78 is 25.5. The molecule has 0 unspecified atom stereocenters. The molecule has 24 heavy (non-hydrogen) atoms. The molecule has 0 radical (unpaired) electrons. The Hall–Kier alpha value is -2.49. The van der Waals surface area contributed by atoms with Crippen molar-refractivity contribution in [2.75, 3.05) is 6.54 Å². The Kier molecular flexibility index (Phi) is 7.15. The number of hydrogen-bond donors (Lipinski definition) is 0. The molecule has 2 aromatic carbocycles. The van der Waals surface area contributed by atoms with Crippen molar-refractivity contribution in [1.82, 2.24) is 4.90 Å². The van der Waals surface area contributed by atoms with E-state index in [2.05, 4.69) is 0 Å². The van der Waals surface area contributed by atoms with Gasteiger partial charge in [0.25, 0.3) is 6.43 Å². The van der Waals surface area contributed by atoms with Crippen molar-refractivity contribution < 1.29 is 13.6 Å². The lowest BCUT2D eigenvalue weighted by Gasteiger charge is -2.22. The number of hydrogen-bond acceptors (Lipinski definition) is 1. The van der Waals surface area contributed by atoms with Crippen molar-refractivity contribution in [2.24, 2.45) is 0 Å². The van der Waals surface area contributed by atoms with Gasteiger partial charge in [-0.2, -0.15) is 0 Å². The molecule has 0 atom stereocenters. The Morgan fingerprint density at radius 3 is 2.25 bits per heavy atom. The molecular formula is C20H21F2NO. The van der Waals surface area contributed by atoms with Gasteiger partial charge in [-0.25, -0.2) is 8.78 Å². The molecule has 0 heterocycles. The number of benzene rings is 2. The number of carbonyl (C=O) groups excluding carboxylic acids is 1. The molecular weight excluding hydrogens is 308 g/mol. The SMILES string of the molecule is O=C(CCC=Cc1ccccc1)N(Cc1ccccc1)CC(F)F. The second-order valence-corrected chi connectivity index (χ2v) is 5.50. The van der Waals surface area contributed by atoms with E-state index in [-0.39, 0.29) is 18.9 Å². The summed E-state index contributed by atoms with van der Waals surface area (Å²) >= 11 is 0. The third kappa shape index (κ3) is 6.32. The first kappa shape index (κ1) is 17.9. The Bertz CT molecular complexity index is 641. The van der Waals surface area contributed by atoms with E-state index in [0.29, 0.717) is 6.42 Å². The van der Waals surface area contributed by atoms with Gasteiger partial charge < -0.3 is 4.90 Å². The predicted octanol–water partition coefficient (Wildman–Crippen LogP) is 4.77. The minimum atomic E-state index is -2.53. The zero-order valence-electron chi connectivity index (χ0n) is 13.4. The maximum Gasteiger partial charge on any atom is 0.255 e. The van der Waals surface area contributed by atoms with Crippen LogP contribution in [0, 0.1) is 0 Å². The zero-order chi connectivity index (χ0) is 17.2. The van der Waals surface area contributed by atoms with Crippen LogP contribution >= 0.6 is 0 Å². The van der Waals surface area contributed by atoms with E-state index in [4.69, 9.17) is 0 Å². The molecule has 0 spiro atoms. The maximum absolute atomic E-state index is 12.7. The standard InChI is InChI=1S/C20H21F2NO/c21-19(22)16-23(15-18-12-5-2-6-13-18)20(24)14-8-7-11-17-9-3-1-4-10-17/h1-7,9-13,19H,8,14-16H2. The summed E-state index contributed by atoms with van der Waals surface area (Å²) in [5.41, 5.74) is 1.91. The summed E-state index contributed by atoms with van der Waals surface area (Å²) in [4.78, 5) is 13.5. The number of alkyl halides is 2. The fourth-order valence-corrected chi connectivity index (χ4v) is 2.37. The van der Waals surface area contributed by atoms with Crippen LogP contribution in [-0.4, -0.2) is 23.8 Å². The van der Waals surface area contributed by atoms with Crippen LogP contribution in [0.1, 0.15) is 24.0 Å². The zero-order valence-corrected chi connectivity index (χ0v) is 13.4. The van der Waals surface area contributed by atoms with Gasteiger partial charge in [0.1, 0.15) is 0 Å². The van der Waals surface area contributed by atoms with Crippen LogP contribution in [0.25, 0.3) is 6.08 Å². The quantitative estimate of drug-likeness (QED) is 0.683. The number of nitrogens with zero attached hydrogens (tertiary/aromatic N) is 1. The normalized spacial score (nSPS) is 11.1. The van der Waals surface area contributed by atoms with Crippen molar-refractivity contribution in [3.05, 3.63) is 77.9 Å². The van der Waals surface area contributed by atoms with Gasteiger partial charge >= 0.3 is 0 Å². The summed E-state index contributed by atoms with van der Waals surface area (Å²) in [6.07, 6.45) is 2.06.